The van der Waals surface area contributed by atoms with Crippen molar-refractivity contribution in [3.05, 3.63) is 47.5 Å². The maximum Gasteiger partial charge on any atom is 0.261 e. The average Bonchev–Trinajstić information content (AvgIpc) is 0.844. The molecule has 0 saturated carbocycles. The van der Waals surface area contributed by atoms with E-state index in [9.17, 15) is 57.5 Å². The van der Waals surface area contributed by atoms with E-state index in [1.165, 1.54) is 6.07 Å². The summed E-state index contributed by atoms with van der Waals surface area (Å²) in [7, 11) is 12.7. The van der Waals surface area contributed by atoms with Crippen LogP contribution in [0.2, 0.25) is 0 Å². The number of anilines is 2. The number of hydrogen-bond donors (Lipinski definition) is 10. The minimum absolute atomic E-state index is 0.0271. The van der Waals surface area contributed by atoms with Crippen molar-refractivity contribution >= 4 is 82.3 Å². The Morgan fingerprint density at radius 3 is 0.877 bits per heavy atom. The van der Waals surface area contributed by atoms with Gasteiger partial charge in [-0.2, -0.15) is 0 Å². The molecule has 2 atom stereocenters. The van der Waals surface area contributed by atoms with Crippen LogP contribution in [0.3, 0.4) is 0 Å². The Bertz CT molecular complexity index is 2960. The first-order valence-corrected chi connectivity index (χ1v) is 42.2. The lowest BCUT2D eigenvalue weighted by atomic mass is 10.1. The largest absolute Gasteiger partial charge is 0.484 e. The van der Waals surface area contributed by atoms with Crippen molar-refractivity contribution in [3.63, 3.8) is 0 Å². The summed E-state index contributed by atoms with van der Waals surface area (Å²) in [5, 5.41) is 28.2. The molecule has 0 fully saturated rings. The second kappa shape index (κ2) is 75.9. The standard InChI is InChI=1S/C44H76N6O10.C40H68N6O16/c1-6-34-31-35(47-43(55)37(49-41(53)23-11-17-29-59-4)19-7-13-25-45-39(51)21-9-15-27-57-2)33-36(32-34)48-44(56)38(50-42(54)24-12-18-30-60-5)20-8-14-26-46-40(52)22-10-16-28-58-3;1-6-32-23-33(61-30-39(51)45(26-35(47)41-7-11-57-19-15-53-2)27-36(48)42-8-12-58-20-16-54-3)25-34(24-32)62-31-40(52)46(28-37(49)43-9-13-59-21-17-55-4)29-38(50)44-10-14-60-22-18-56-5/h31-33,37-38H,6-30H2,1-5H3,(H,45,51)(H,46,52)(H,47,55)(H,48,56)(H,49,53)(H,50,54);23-25H,6-22,26-31H2,1-5H3,(H,41,47)(H,42,48)(H,43,49)(H,44,50). The fraction of sp³-hybridized carbons (Fsp3) is 0.714. The van der Waals surface area contributed by atoms with Gasteiger partial charge in [0.15, 0.2) is 13.2 Å². The molecule has 0 aliphatic carbocycles. The maximum atomic E-state index is 13.8. The Morgan fingerprint density at radius 1 is 0.295 bits per heavy atom. The Morgan fingerprint density at radius 2 is 0.582 bits per heavy atom. The van der Waals surface area contributed by atoms with Gasteiger partial charge in [-0.05, 0) is 144 Å². The molecule has 0 radical (unpaired) electrons. The van der Waals surface area contributed by atoms with E-state index < -0.39 is 98.7 Å². The fourth-order valence-corrected chi connectivity index (χ4v) is 11.2. The van der Waals surface area contributed by atoms with Gasteiger partial charge >= 0.3 is 0 Å². The first kappa shape index (κ1) is 111. The van der Waals surface area contributed by atoms with Crippen molar-refractivity contribution in [2.24, 2.45) is 0 Å². The number of nitrogens with one attached hydrogen (secondary N) is 10. The van der Waals surface area contributed by atoms with Crippen LogP contribution in [0.5, 0.6) is 11.5 Å². The molecule has 38 nitrogen and oxygen atoms in total. The van der Waals surface area contributed by atoms with Gasteiger partial charge in [0.1, 0.15) is 49.8 Å². The predicted molar refractivity (Wildman–Crippen MR) is 456 cm³/mol. The summed E-state index contributed by atoms with van der Waals surface area (Å²) in [5.41, 5.74) is 2.50. The molecule has 696 valence electrons. The molecule has 0 aliphatic heterocycles. The number of carbonyl (C=O) groups is 12. The summed E-state index contributed by atoms with van der Waals surface area (Å²) in [6.07, 6.45) is 11.5. The molecule has 0 aliphatic rings. The van der Waals surface area contributed by atoms with Gasteiger partial charge in [0.05, 0.1) is 79.3 Å². The van der Waals surface area contributed by atoms with Crippen molar-refractivity contribution < 1.29 is 124 Å². The molecule has 0 saturated heterocycles. The summed E-state index contributed by atoms with van der Waals surface area (Å²) in [5.74, 6) is -4.25. The lowest BCUT2D eigenvalue weighted by Gasteiger charge is -2.23. The van der Waals surface area contributed by atoms with Crippen molar-refractivity contribution in [2.75, 3.05) is 252 Å². The molecule has 12 amide bonds. The summed E-state index contributed by atoms with van der Waals surface area (Å²) in [6.45, 7) is 8.86. The van der Waals surface area contributed by atoms with Crippen LogP contribution in [-0.4, -0.2) is 334 Å². The second-order valence-electron chi connectivity index (χ2n) is 28.0. The van der Waals surface area contributed by atoms with Crippen molar-refractivity contribution in [1.29, 1.82) is 0 Å². The molecule has 0 heterocycles. The number of methoxy groups -OCH3 is 8. The molecular weight excluding hydrogens is 1590 g/mol. The zero-order valence-electron chi connectivity index (χ0n) is 74.1. The van der Waals surface area contributed by atoms with Crippen LogP contribution in [0.25, 0.3) is 0 Å². The van der Waals surface area contributed by atoms with Crippen LogP contribution in [-0.2, 0) is 127 Å². The molecule has 0 spiro atoms. The molecular formula is C84H144N12O26. The molecule has 0 bridgehead atoms. The highest BCUT2D eigenvalue weighted by atomic mass is 16.5. The molecule has 2 rings (SSSR count). The summed E-state index contributed by atoms with van der Waals surface area (Å²) in [6, 6.07) is 8.49. The highest BCUT2D eigenvalue weighted by Gasteiger charge is 2.27. The van der Waals surface area contributed by atoms with Gasteiger partial charge in [-0.15, -0.1) is 0 Å². The minimum atomic E-state index is -0.822. The van der Waals surface area contributed by atoms with Crippen LogP contribution in [0.15, 0.2) is 36.4 Å². The summed E-state index contributed by atoms with van der Waals surface area (Å²) >= 11 is 0. The van der Waals surface area contributed by atoms with Crippen LogP contribution >= 0.6 is 0 Å². The lowest BCUT2D eigenvalue weighted by Crippen LogP contribution is -2.48. The topological polar surface area (TPSA) is 461 Å². The number of aryl methyl sites for hydroxylation is 2. The maximum absolute atomic E-state index is 13.8. The van der Waals surface area contributed by atoms with Gasteiger partial charge in [0.2, 0.25) is 59.1 Å². The van der Waals surface area contributed by atoms with E-state index in [1.807, 2.05) is 26.0 Å². The Hall–Kier alpha value is -8.80. The van der Waals surface area contributed by atoms with Gasteiger partial charge in [0.25, 0.3) is 11.8 Å². The molecule has 122 heavy (non-hydrogen) atoms. The van der Waals surface area contributed by atoms with Crippen LogP contribution in [0, 0.1) is 0 Å². The van der Waals surface area contributed by atoms with Crippen LogP contribution in [0.4, 0.5) is 11.4 Å². The third-order valence-electron chi connectivity index (χ3n) is 17.8. The van der Waals surface area contributed by atoms with Crippen molar-refractivity contribution in [2.45, 2.75) is 154 Å². The van der Waals surface area contributed by atoms with E-state index in [0.717, 1.165) is 59.5 Å². The first-order chi connectivity index (χ1) is 59.1. The van der Waals surface area contributed by atoms with Gasteiger partial charge < -0.3 is 129 Å². The van der Waals surface area contributed by atoms with E-state index >= 15 is 0 Å². The number of benzene rings is 2. The quantitative estimate of drug-likeness (QED) is 0.0426. The smallest absolute Gasteiger partial charge is 0.261 e. The summed E-state index contributed by atoms with van der Waals surface area (Å²) < 4.78 is 73.1. The zero-order valence-corrected chi connectivity index (χ0v) is 74.1. The molecule has 0 aromatic heterocycles. The van der Waals surface area contributed by atoms with E-state index in [4.69, 9.17) is 66.3 Å². The number of nitrogens with zero attached hydrogens (tertiary/aromatic N) is 2. The Kier molecular flexibility index (Phi) is 69.2. The molecule has 2 unspecified atom stereocenters. The average molecular weight is 1740 g/mol. The summed E-state index contributed by atoms with van der Waals surface area (Å²) in [4.78, 5) is 158. The number of ether oxygens (including phenoxy) is 14. The first-order valence-electron chi connectivity index (χ1n) is 42.2. The minimum Gasteiger partial charge on any atom is -0.484 e. The van der Waals surface area contributed by atoms with E-state index in [0.29, 0.717) is 181 Å². The second-order valence-corrected chi connectivity index (χ2v) is 28.0. The van der Waals surface area contributed by atoms with Crippen molar-refractivity contribution in [3.8, 4) is 11.5 Å². The number of amides is 12. The van der Waals surface area contributed by atoms with Crippen LogP contribution < -0.4 is 62.6 Å². The van der Waals surface area contributed by atoms with Crippen LogP contribution in [0.1, 0.15) is 141 Å². The number of rotatable bonds is 76. The molecule has 2 aromatic carbocycles. The van der Waals surface area contributed by atoms with E-state index in [2.05, 4.69) is 53.2 Å². The zero-order chi connectivity index (χ0) is 89.9. The normalized spacial score (nSPS) is 11.4. The number of unbranched alkanes of at least 4 members (excludes halogenated alkanes) is 6. The van der Waals surface area contributed by atoms with Gasteiger partial charge in [0, 0.05) is 166 Å². The molecule has 38 heteroatoms. The Labute approximate surface area is 720 Å². The SMILES string of the molecule is CCc1cc(NC(=O)C(CCCCNC(=O)CCCCOC)NC(=O)CCCCOC)cc(NC(=O)C(CCCCNC(=O)CCCCOC)NC(=O)CCCCOC)c1.CCc1cc(OCC(=O)N(CC(=O)NCCOCCOC)CC(=O)NCCOCCOC)cc(OCC(=O)N(CC(=O)NCCOCCOC)CC(=O)NCCOCCOC)c1. The third-order valence-corrected chi connectivity index (χ3v) is 17.8. The van der Waals surface area contributed by atoms with E-state index in [-0.39, 0.29) is 101 Å². The van der Waals surface area contributed by atoms with Gasteiger partial charge in [-0.1, -0.05) is 13.8 Å². The fourth-order valence-electron chi connectivity index (χ4n) is 11.2. The van der Waals surface area contributed by atoms with E-state index in [1.54, 1.807) is 75.1 Å². The predicted octanol–water partition coefficient (Wildman–Crippen LogP) is 2.72. The number of carbonyl (C=O) groups excluding carboxylic acids is 12. The van der Waals surface area contributed by atoms with Gasteiger partial charge in [-0.25, -0.2) is 0 Å². The van der Waals surface area contributed by atoms with Gasteiger partial charge in [-0.3, -0.25) is 57.5 Å². The highest BCUT2D eigenvalue weighted by molar-refractivity contribution is 6.00. The third kappa shape index (κ3) is 60.7. The lowest BCUT2D eigenvalue weighted by molar-refractivity contribution is -0.141. The molecule has 2 aromatic rings. The Balaban J connectivity index is 0.00000122. The highest BCUT2D eigenvalue weighted by Crippen LogP contribution is 2.25. The number of hydrogen-bond acceptors (Lipinski definition) is 26. The van der Waals surface area contributed by atoms with Crippen molar-refractivity contribution in [1.82, 2.24) is 52.3 Å². The monoisotopic (exact) mass is 1740 g/mol. The molecule has 10 N–H and O–H groups in total.